The number of anilines is 1. The summed E-state index contributed by atoms with van der Waals surface area (Å²) in [5.74, 6) is -1.29. The maximum Gasteiger partial charge on any atom is 0.320 e. The summed E-state index contributed by atoms with van der Waals surface area (Å²) in [6.07, 6.45) is -0.307. The van der Waals surface area contributed by atoms with Crippen LogP contribution < -0.4 is 15.4 Å². The molecule has 0 bridgehead atoms. The smallest absolute Gasteiger partial charge is 0.320 e. The van der Waals surface area contributed by atoms with Gasteiger partial charge < -0.3 is 24.0 Å². The fourth-order valence-electron chi connectivity index (χ4n) is 5.41. The Bertz CT molecular complexity index is 1480. The fourth-order valence-corrected chi connectivity index (χ4v) is 6.73. The normalized spacial score (nSPS) is 17.9. The van der Waals surface area contributed by atoms with Gasteiger partial charge in [0.2, 0.25) is 5.88 Å². The number of ether oxygens (including phenoxy) is 3. The average Bonchev–Trinajstić information content (AvgIpc) is 3.56. The first-order valence-corrected chi connectivity index (χ1v) is 18.8. The molecule has 1 aliphatic heterocycles. The van der Waals surface area contributed by atoms with Crippen molar-refractivity contribution >= 4 is 20.2 Å². The van der Waals surface area contributed by atoms with Gasteiger partial charge in [-0.25, -0.2) is 18.3 Å². The molecular formula is C34H49F2N5O5Si. The van der Waals surface area contributed by atoms with Gasteiger partial charge in [0.15, 0.2) is 20.0 Å². The topological polar surface area (TPSA) is 99.1 Å². The van der Waals surface area contributed by atoms with Gasteiger partial charge in [0.25, 0.3) is 0 Å². The molecule has 47 heavy (non-hydrogen) atoms. The molecule has 0 saturated carbocycles. The molecule has 0 spiro atoms. The third-order valence-corrected chi connectivity index (χ3v) is 13.6. The predicted molar refractivity (Wildman–Crippen MR) is 181 cm³/mol. The summed E-state index contributed by atoms with van der Waals surface area (Å²) in [5.41, 5.74) is 1.98. The van der Waals surface area contributed by atoms with E-state index in [4.69, 9.17) is 23.7 Å². The number of aromatic nitrogens is 2. The first-order chi connectivity index (χ1) is 22.2. The van der Waals surface area contributed by atoms with Crippen LogP contribution in [-0.2, 0) is 13.9 Å². The first-order valence-electron chi connectivity index (χ1n) is 15.9. The van der Waals surface area contributed by atoms with Crippen LogP contribution in [0, 0.1) is 18.6 Å². The standard InChI is InChI=1S/C34H49F2N5O5Si/c1-23-31(38-33(42)37-30-20-40(16-17-43-5)19-27(30)24-14-15-28(35)29(36)18-24)41(25-12-10-9-11-13-25)39-32(23)45-22-26(21-44-6)46-47(7,8)34(2,3)4/h9-15,18,26-27,30H,16-17,19-22H2,1-8H3,(H2,37,38,42)/t26-,27-,30+/m0/s1. The van der Waals surface area contributed by atoms with Crippen molar-refractivity contribution in [2.75, 3.05) is 59.0 Å². The Labute approximate surface area is 277 Å². The summed E-state index contributed by atoms with van der Waals surface area (Å²) in [6, 6.07) is 12.5. The van der Waals surface area contributed by atoms with Crippen LogP contribution >= 0.6 is 0 Å². The zero-order valence-electron chi connectivity index (χ0n) is 28.7. The van der Waals surface area contributed by atoms with Crippen LogP contribution in [0.3, 0.4) is 0 Å². The summed E-state index contributed by atoms with van der Waals surface area (Å²) >= 11 is 0. The quantitative estimate of drug-likeness (QED) is 0.199. The van der Waals surface area contributed by atoms with Crippen molar-refractivity contribution in [1.29, 1.82) is 0 Å². The van der Waals surface area contributed by atoms with Crippen LogP contribution in [0.5, 0.6) is 5.88 Å². The number of carbonyl (C=O) groups is 1. The zero-order valence-corrected chi connectivity index (χ0v) is 29.7. The minimum atomic E-state index is -2.10. The molecule has 0 unspecified atom stereocenters. The molecule has 2 aromatic carbocycles. The van der Waals surface area contributed by atoms with Gasteiger partial charge in [-0.15, -0.1) is 5.10 Å². The Morgan fingerprint density at radius 1 is 1.04 bits per heavy atom. The molecule has 2 heterocycles. The van der Waals surface area contributed by atoms with Gasteiger partial charge >= 0.3 is 6.03 Å². The lowest BCUT2D eigenvalue weighted by Crippen LogP contribution is -2.46. The van der Waals surface area contributed by atoms with Crippen molar-refractivity contribution in [3.8, 4) is 11.6 Å². The van der Waals surface area contributed by atoms with Crippen LogP contribution in [0.1, 0.15) is 37.8 Å². The molecule has 0 aliphatic carbocycles. The number of hydrogen-bond acceptors (Lipinski definition) is 7. The highest BCUT2D eigenvalue weighted by Crippen LogP contribution is 2.38. The SMILES string of the molecule is COCCN1C[C@@H](NC(=O)Nc2c(C)c(OC[C@H](COC)O[Si](C)(C)C(C)(C)C)nn2-c2ccccc2)[C@H](c2ccc(F)c(F)c2)C1. The molecule has 258 valence electrons. The minimum absolute atomic E-state index is 0.0121. The van der Waals surface area contributed by atoms with E-state index < -0.39 is 26.0 Å². The van der Waals surface area contributed by atoms with Crippen LogP contribution in [0.15, 0.2) is 48.5 Å². The van der Waals surface area contributed by atoms with Gasteiger partial charge in [-0.1, -0.05) is 45.0 Å². The largest absolute Gasteiger partial charge is 0.474 e. The number of amides is 2. The maximum atomic E-state index is 14.2. The Morgan fingerprint density at radius 2 is 1.77 bits per heavy atom. The third kappa shape index (κ3) is 9.17. The number of para-hydroxylation sites is 1. The number of carbonyl (C=O) groups excluding carboxylic acids is 1. The van der Waals surface area contributed by atoms with E-state index in [-0.39, 0.29) is 29.7 Å². The van der Waals surface area contributed by atoms with E-state index in [1.165, 1.54) is 6.07 Å². The molecule has 4 rings (SSSR count). The van der Waals surface area contributed by atoms with Gasteiger partial charge in [0, 0.05) is 39.8 Å². The number of halogens is 2. The van der Waals surface area contributed by atoms with Crippen molar-refractivity contribution in [2.24, 2.45) is 0 Å². The maximum absolute atomic E-state index is 14.2. The van der Waals surface area contributed by atoms with Gasteiger partial charge in [0.05, 0.1) is 30.5 Å². The Hall–Kier alpha value is -3.36. The second-order valence-corrected chi connectivity index (χ2v) is 18.3. The van der Waals surface area contributed by atoms with Crippen molar-refractivity contribution in [2.45, 2.75) is 63.9 Å². The molecule has 0 radical (unpaired) electrons. The molecule has 3 aromatic rings. The minimum Gasteiger partial charge on any atom is -0.474 e. The summed E-state index contributed by atoms with van der Waals surface area (Å²) in [5, 5.41) is 10.8. The average molecular weight is 674 g/mol. The van der Waals surface area contributed by atoms with Crippen LogP contribution in [0.25, 0.3) is 5.69 Å². The number of methoxy groups -OCH3 is 2. The van der Waals surface area contributed by atoms with Gasteiger partial charge in [-0.2, -0.15) is 0 Å². The summed E-state index contributed by atoms with van der Waals surface area (Å²) < 4.78 is 53.1. The molecule has 3 atom stereocenters. The number of likely N-dealkylation sites (tertiary alicyclic amines) is 1. The fraction of sp³-hybridized carbons (Fsp3) is 0.529. The highest BCUT2D eigenvalue weighted by molar-refractivity contribution is 6.74. The highest BCUT2D eigenvalue weighted by Gasteiger charge is 2.40. The number of benzene rings is 2. The van der Waals surface area contributed by atoms with E-state index in [0.717, 1.165) is 11.8 Å². The van der Waals surface area contributed by atoms with E-state index in [2.05, 4.69) is 49.4 Å². The van der Waals surface area contributed by atoms with Crippen molar-refractivity contribution in [3.05, 3.63) is 71.3 Å². The van der Waals surface area contributed by atoms with E-state index in [1.807, 2.05) is 37.3 Å². The Balaban J connectivity index is 1.56. The van der Waals surface area contributed by atoms with Gasteiger partial charge in [0.1, 0.15) is 18.5 Å². The molecule has 1 aromatic heterocycles. The number of hydrogen-bond donors (Lipinski definition) is 2. The monoisotopic (exact) mass is 673 g/mol. The number of nitrogens with one attached hydrogen (secondary N) is 2. The van der Waals surface area contributed by atoms with Crippen molar-refractivity contribution in [3.63, 3.8) is 0 Å². The zero-order chi connectivity index (χ0) is 34.4. The summed E-state index contributed by atoms with van der Waals surface area (Å²) in [6.45, 7) is 15.5. The molecule has 1 saturated heterocycles. The van der Waals surface area contributed by atoms with Crippen molar-refractivity contribution in [1.82, 2.24) is 20.0 Å². The molecular weight excluding hydrogens is 624 g/mol. The van der Waals surface area contributed by atoms with Gasteiger partial charge in [-0.3, -0.25) is 10.2 Å². The lowest BCUT2D eigenvalue weighted by Gasteiger charge is -2.39. The van der Waals surface area contributed by atoms with E-state index >= 15 is 0 Å². The second-order valence-electron chi connectivity index (χ2n) is 13.5. The van der Waals surface area contributed by atoms with Crippen LogP contribution in [0.4, 0.5) is 19.4 Å². The van der Waals surface area contributed by atoms with E-state index in [9.17, 15) is 13.6 Å². The van der Waals surface area contributed by atoms with E-state index in [1.54, 1.807) is 25.0 Å². The molecule has 13 heteroatoms. The molecule has 10 nitrogen and oxygen atoms in total. The van der Waals surface area contributed by atoms with E-state index in [0.29, 0.717) is 55.7 Å². The number of rotatable bonds is 14. The lowest BCUT2D eigenvalue weighted by molar-refractivity contribution is 0.0384. The molecule has 1 fully saturated rings. The van der Waals surface area contributed by atoms with Crippen LogP contribution in [0.2, 0.25) is 18.1 Å². The summed E-state index contributed by atoms with van der Waals surface area (Å²) in [7, 11) is 1.16. The highest BCUT2D eigenvalue weighted by atomic mass is 28.4. The van der Waals surface area contributed by atoms with Gasteiger partial charge in [-0.05, 0) is 54.9 Å². The second kappa shape index (κ2) is 15.7. The predicted octanol–water partition coefficient (Wildman–Crippen LogP) is 6.11. The molecule has 2 amide bonds. The number of nitrogens with zero attached hydrogens (tertiary/aromatic N) is 3. The van der Waals surface area contributed by atoms with Crippen molar-refractivity contribution < 1.29 is 32.2 Å². The number of urea groups is 1. The third-order valence-electron chi connectivity index (χ3n) is 9.03. The lowest BCUT2D eigenvalue weighted by atomic mass is 9.94. The van der Waals surface area contributed by atoms with Crippen LogP contribution in [-0.4, -0.2) is 94.8 Å². The molecule has 2 N–H and O–H groups in total. The Morgan fingerprint density at radius 3 is 2.40 bits per heavy atom. The Kier molecular flexibility index (Phi) is 12.2. The molecule has 1 aliphatic rings. The summed E-state index contributed by atoms with van der Waals surface area (Å²) in [4.78, 5) is 15.8. The first kappa shape index (κ1) is 36.5.